The summed E-state index contributed by atoms with van der Waals surface area (Å²) in [6.45, 7) is 3.68. The molecule has 2 heterocycles. The number of aryl methyl sites for hydroxylation is 1. The van der Waals surface area contributed by atoms with Gasteiger partial charge in [-0.2, -0.15) is 0 Å². The Balaban J connectivity index is 1.94. The van der Waals surface area contributed by atoms with E-state index in [0.29, 0.717) is 5.92 Å². The third kappa shape index (κ3) is 2.39. The van der Waals surface area contributed by atoms with E-state index in [9.17, 15) is 0 Å². The molecule has 1 aromatic carbocycles. The summed E-state index contributed by atoms with van der Waals surface area (Å²) in [7, 11) is 0. The van der Waals surface area contributed by atoms with Gasteiger partial charge in [-0.15, -0.1) is 0 Å². The first-order valence-electron chi connectivity index (χ1n) is 6.82. The normalized spacial score (nSPS) is 18.8. The van der Waals surface area contributed by atoms with E-state index in [1.807, 2.05) is 0 Å². The lowest BCUT2D eigenvalue weighted by Crippen LogP contribution is -2.35. The van der Waals surface area contributed by atoms with Crippen molar-refractivity contribution in [1.29, 1.82) is 0 Å². The lowest BCUT2D eigenvalue weighted by atomic mass is 9.90. The molecule has 0 aliphatic carbocycles. The maximum absolute atomic E-state index is 6.02. The van der Waals surface area contributed by atoms with Crippen molar-refractivity contribution in [2.24, 2.45) is 11.8 Å². The average molecular weight is 260 g/mol. The minimum atomic E-state index is 0.0655. The fraction of sp³-hybridized carbons (Fsp3) is 0.467. The van der Waals surface area contributed by atoms with Crippen LogP contribution in [0.3, 0.4) is 0 Å². The number of hydrogen-bond donors (Lipinski definition) is 2. The molecule has 102 valence electrons. The second-order valence-electron chi connectivity index (χ2n) is 5.24. The highest BCUT2D eigenvalue weighted by Crippen LogP contribution is 2.33. The van der Waals surface area contributed by atoms with E-state index in [4.69, 9.17) is 15.0 Å². The van der Waals surface area contributed by atoms with Crippen LogP contribution < -0.4 is 11.3 Å². The lowest BCUT2D eigenvalue weighted by molar-refractivity contribution is 0.0509. The highest BCUT2D eigenvalue weighted by Gasteiger charge is 2.27. The number of rotatable bonds is 3. The number of hydrogen-bond acceptors (Lipinski definition) is 4. The summed E-state index contributed by atoms with van der Waals surface area (Å²) in [4.78, 5) is 0. The zero-order valence-electron chi connectivity index (χ0n) is 11.2. The molecular formula is C15H20N2O2. The first-order chi connectivity index (χ1) is 9.29. The molecule has 1 unspecified atom stereocenters. The van der Waals surface area contributed by atoms with Crippen LogP contribution in [-0.4, -0.2) is 13.2 Å². The van der Waals surface area contributed by atoms with Crippen LogP contribution in [0.15, 0.2) is 28.7 Å². The maximum atomic E-state index is 6.02. The molecule has 19 heavy (non-hydrogen) atoms. The van der Waals surface area contributed by atoms with E-state index in [0.717, 1.165) is 48.3 Å². The van der Waals surface area contributed by atoms with Gasteiger partial charge in [0.15, 0.2) is 0 Å². The zero-order chi connectivity index (χ0) is 13.2. The molecule has 1 aliphatic rings. The molecule has 1 aliphatic heterocycles. The maximum Gasteiger partial charge on any atom is 0.137 e. The number of benzene rings is 1. The highest BCUT2D eigenvalue weighted by molar-refractivity contribution is 5.81. The first kappa shape index (κ1) is 12.7. The third-order valence-electron chi connectivity index (χ3n) is 3.98. The van der Waals surface area contributed by atoms with Crippen molar-refractivity contribution < 1.29 is 9.15 Å². The molecule has 0 amide bonds. The van der Waals surface area contributed by atoms with E-state index in [1.54, 1.807) is 0 Å². The van der Waals surface area contributed by atoms with Gasteiger partial charge in [0.25, 0.3) is 0 Å². The molecule has 4 nitrogen and oxygen atoms in total. The van der Waals surface area contributed by atoms with Gasteiger partial charge in [0, 0.05) is 18.6 Å². The quantitative estimate of drug-likeness (QED) is 0.658. The lowest BCUT2D eigenvalue weighted by Gasteiger charge is -2.28. The Morgan fingerprint density at radius 2 is 2.11 bits per heavy atom. The Hall–Kier alpha value is -1.36. The molecular weight excluding hydrogens is 240 g/mol. The molecule has 2 aromatic rings. The summed E-state index contributed by atoms with van der Waals surface area (Å²) in [5, 5.41) is 1.14. The molecule has 1 atom stereocenters. The van der Waals surface area contributed by atoms with Gasteiger partial charge in [-0.25, -0.2) is 5.43 Å². The molecule has 3 rings (SSSR count). The summed E-state index contributed by atoms with van der Waals surface area (Å²) in [5.74, 6) is 7.15. The van der Waals surface area contributed by atoms with E-state index in [2.05, 4.69) is 36.6 Å². The monoisotopic (exact) mass is 260 g/mol. The minimum absolute atomic E-state index is 0.0655. The van der Waals surface area contributed by atoms with Crippen LogP contribution in [-0.2, 0) is 4.74 Å². The fourth-order valence-electron chi connectivity index (χ4n) is 2.88. The van der Waals surface area contributed by atoms with E-state index in [1.165, 1.54) is 0 Å². The second kappa shape index (κ2) is 5.33. The van der Waals surface area contributed by atoms with Crippen LogP contribution in [0.2, 0.25) is 0 Å². The van der Waals surface area contributed by atoms with Gasteiger partial charge in [0.05, 0.1) is 6.04 Å². The average Bonchev–Trinajstić information content (AvgIpc) is 2.86. The Morgan fingerprint density at radius 3 is 2.79 bits per heavy atom. The summed E-state index contributed by atoms with van der Waals surface area (Å²) in [5.41, 5.74) is 5.04. The van der Waals surface area contributed by atoms with Crippen molar-refractivity contribution in [3.05, 3.63) is 35.6 Å². The van der Waals surface area contributed by atoms with Gasteiger partial charge in [0.1, 0.15) is 11.3 Å². The number of hydrazine groups is 1. The number of nitrogens with two attached hydrogens (primary N) is 1. The molecule has 0 spiro atoms. The Bertz CT molecular complexity index is 558. The van der Waals surface area contributed by atoms with Crippen LogP contribution in [0.1, 0.15) is 30.2 Å². The zero-order valence-corrected chi connectivity index (χ0v) is 11.2. The van der Waals surface area contributed by atoms with Crippen LogP contribution in [0, 0.1) is 12.8 Å². The highest BCUT2D eigenvalue weighted by atomic mass is 16.5. The Labute approximate surface area is 112 Å². The summed E-state index contributed by atoms with van der Waals surface area (Å²) in [6, 6.07) is 8.36. The second-order valence-corrected chi connectivity index (χ2v) is 5.24. The van der Waals surface area contributed by atoms with Crippen LogP contribution >= 0.6 is 0 Å². The summed E-state index contributed by atoms with van der Waals surface area (Å²) >= 11 is 0. The van der Waals surface area contributed by atoms with E-state index in [-0.39, 0.29) is 6.04 Å². The van der Waals surface area contributed by atoms with Gasteiger partial charge >= 0.3 is 0 Å². The van der Waals surface area contributed by atoms with Gasteiger partial charge in [-0.1, -0.05) is 18.2 Å². The Kier molecular flexibility index (Phi) is 3.55. The van der Waals surface area contributed by atoms with Crippen LogP contribution in [0.25, 0.3) is 11.0 Å². The predicted molar refractivity (Wildman–Crippen MR) is 74.6 cm³/mol. The predicted octanol–water partition coefficient (Wildman–Crippen LogP) is 2.67. The van der Waals surface area contributed by atoms with Crippen molar-refractivity contribution in [2.75, 3.05) is 13.2 Å². The number of furan rings is 1. The van der Waals surface area contributed by atoms with Gasteiger partial charge in [0.2, 0.25) is 0 Å². The van der Waals surface area contributed by atoms with Crippen LogP contribution in [0.5, 0.6) is 0 Å². The number of ether oxygens (including phenoxy) is 1. The summed E-state index contributed by atoms with van der Waals surface area (Å²) < 4.78 is 11.4. The third-order valence-corrected chi connectivity index (χ3v) is 3.98. The Morgan fingerprint density at radius 1 is 1.32 bits per heavy atom. The molecule has 4 heteroatoms. The topological polar surface area (TPSA) is 60.4 Å². The van der Waals surface area contributed by atoms with E-state index >= 15 is 0 Å². The molecule has 1 aromatic heterocycles. The number of fused-ring (bicyclic) bond motifs is 1. The van der Waals surface area contributed by atoms with Crippen molar-refractivity contribution >= 4 is 11.0 Å². The fourth-order valence-corrected chi connectivity index (χ4v) is 2.88. The molecule has 0 radical (unpaired) electrons. The largest absolute Gasteiger partial charge is 0.459 e. The standard InChI is InChI=1S/C15H20N2O2/c1-10-3-2-4-12-9-13(19-15(10)12)14(17-16)11-5-7-18-8-6-11/h2-4,9,11,14,17H,5-8,16H2,1H3. The van der Waals surface area contributed by atoms with Crippen molar-refractivity contribution in [3.8, 4) is 0 Å². The molecule has 1 fully saturated rings. The smallest absolute Gasteiger partial charge is 0.137 e. The number of nitrogens with one attached hydrogen (secondary N) is 1. The summed E-state index contributed by atoms with van der Waals surface area (Å²) in [6.07, 6.45) is 2.04. The molecule has 1 saturated heterocycles. The van der Waals surface area contributed by atoms with E-state index < -0.39 is 0 Å². The van der Waals surface area contributed by atoms with Gasteiger partial charge in [-0.05, 0) is 37.3 Å². The van der Waals surface area contributed by atoms with Crippen molar-refractivity contribution in [2.45, 2.75) is 25.8 Å². The molecule has 0 saturated carbocycles. The molecule has 3 N–H and O–H groups in total. The van der Waals surface area contributed by atoms with Gasteiger partial charge in [-0.3, -0.25) is 5.84 Å². The SMILES string of the molecule is Cc1cccc2cc(C(NN)C3CCOCC3)oc12. The van der Waals surface area contributed by atoms with Gasteiger partial charge < -0.3 is 9.15 Å². The van der Waals surface area contributed by atoms with Crippen molar-refractivity contribution in [1.82, 2.24) is 5.43 Å². The van der Waals surface area contributed by atoms with Crippen LogP contribution in [0.4, 0.5) is 0 Å². The first-order valence-corrected chi connectivity index (χ1v) is 6.82. The molecule has 0 bridgehead atoms. The van der Waals surface area contributed by atoms with Crippen molar-refractivity contribution in [3.63, 3.8) is 0 Å². The number of para-hydroxylation sites is 1. The minimum Gasteiger partial charge on any atom is -0.459 e.